The van der Waals surface area contributed by atoms with Crippen LogP contribution in [0, 0.1) is 0 Å². The molecule has 0 fully saturated rings. The molecule has 0 amide bonds. The molecule has 0 spiro atoms. The lowest BCUT2D eigenvalue weighted by Gasteiger charge is -2.21. The average molecular weight is 347 g/mol. The Labute approximate surface area is 142 Å². The van der Waals surface area contributed by atoms with Gasteiger partial charge in [-0.25, -0.2) is 9.97 Å². The first kappa shape index (κ1) is 15.0. The predicted molar refractivity (Wildman–Crippen MR) is 88.9 cm³/mol. The molecule has 2 N–H and O–H groups in total. The second-order valence-electron chi connectivity index (χ2n) is 5.36. The number of benzene rings is 1. The van der Waals surface area contributed by atoms with Crippen LogP contribution < -0.4 is 14.8 Å². The third kappa shape index (κ3) is 2.72. The zero-order valence-electron chi connectivity index (χ0n) is 12.6. The second kappa shape index (κ2) is 6.18. The summed E-state index contributed by atoms with van der Waals surface area (Å²) in [5.41, 5.74) is 1.34. The summed E-state index contributed by atoms with van der Waals surface area (Å²) in [7, 11) is 0. The van der Waals surface area contributed by atoms with Gasteiger partial charge < -0.3 is 24.3 Å². The molecule has 0 saturated carbocycles. The minimum absolute atomic E-state index is 0.259. The number of anilines is 1. The van der Waals surface area contributed by atoms with E-state index in [4.69, 9.17) is 21.1 Å². The van der Waals surface area contributed by atoms with Crippen LogP contribution in [0.4, 0.5) is 5.82 Å². The molecule has 1 aliphatic heterocycles. The van der Waals surface area contributed by atoms with Gasteiger partial charge in [0.05, 0.1) is 11.1 Å². The van der Waals surface area contributed by atoms with Crippen molar-refractivity contribution >= 4 is 23.1 Å². The highest BCUT2D eigenvalue weighted by atomic mass is 35.5. The number of imidazole rings is 1. The SMILES string of the molecule is OC(CNc1nccn2ccnc12)c1cc(Cl)c2c(c1)OCCO2. The number of rotatable bonds is 4. The molecule has 0 radical (unpaired) electrons. The highest BCUT2D eigenvalue weighted by Crippen LogP contribution is 2.39. The Hall–Kier alpha value is -2.51. The van der Waals surface area contributed by atoms with Crippen LogP contribution in [0.2, 0.25) is 5.02 Å². The molecule has 3 aromatic rings. The molecular formula is C16H15ClN4O3. The summed E-state index contributed by atoms with van der Waals surface area (Å²) in [5.74, 6) is 1.68. The van der Waals surface area contributed by atoms with Crippen molar-refractivity contribution in [3.8, 4) is 11.5 Å². The molecule has 24 heavy (non-hydrogen) atoms. The summed E-state index contributed by atoms with van der Waals surface area (Å²) < 4.78 is 12.9. The molecule has 1 aromatic carbocycles. The van der Waals surface area contributed by atoms with Gasteiger partial charge in [0.2, 0.25) is 0 Å². The smallest absolute Gasteiger partial charge is 0.180 e. The van der Waals surface area contributed by atoms with Crippen LogP contribution >= 0.6 is 11.6 Å². The van der Waals surface area contributed by atoms with Gasteiger partial charge in [0.1, 0.15) is 13.2 Å². The number of hydrogen-bond acceptors (Lipinski definition) is 6. The van der Waals surface area contributed by atoms with Crippen molar-refractivity contribution in [2.24, 2.45) is 0 Å². The van der Waals surface area contributed by atoms with E-state index in [1.54, 1.807) is 24.5 Å². The number of aromatic nitrogens is 3. The standard InChI is InChI=1S/C16H15ClN4O3/c17-11-7-10(8-13-14(11)24-6-5-23-13)12(22)9-20-15-16-19-2-4-21(16)3-1-18-15/h1-4,7-8,12,22H,5-6,9H2,(H,18,20). The van der Waals surface area contributed by atoms with Gasteiger partial charge in [0, 0.05) is 31.3 Å². The Kier molecular flexibility index (Phi) is 3.87. The molecule has 3 heterocycles. The van der Waals surface area contributed by atoms with E-state index in [-0.39, 0.29) is 6.54 Å². The minimum atomic E-state index is -0.782. The Bertz CT molecular complexity index is 883. The Balaban J connectivity index is 1.53. The summed E-state index contributed by atoms with van der Waals surface area (Å²) in [6.45, 7) is 1.19. The first-order valence-electron chi connectivity index (χ1n) is 7.51. The summed E-state index contributed by atoms with van der Waals surface area (Å²) in [4.78, 5) is 8.50. The molecule has 0 aliphatic carbocycles. The number of hydrogen-bond donors (Lipinski definition) is 2. The topological polar surface area (TPSA) is 80.9 Å². The third-order valence-corrected chi connectivity index (χ3v) is 4.06. The summed E-state index contributed by atoms with van der Waals surface area (Å²) in [6, 6.07) is 3.43. The maximum Gasteiger partial charge on any atom is 0.180 e. The normalized spacial score (nSPS) is 14.6. The largest absolute Gasteiger partial charge is 0.486 e. The molecule has 8 heteroatoms. The number of nitrogens with one attached hydrogen (secondary N) is 1. The molecule has 0 saturated heterocycles. The number of ether oxygens (including phenoxy) is 2. The maximum atomic E-state index is 10.5. The monoisotopic (exact) mass is 346 g/mol. The van der Waals surface area contributed by atoms with E-state index in [0.717, 1.165) is 0 Å². The number of aliphatic hydroxyl groups is 1. The first-order chi connectivity index (χ1) is 11.7. The maximum absolute atomic E-state index is 10.5. The lowest BCUT2D eigenvalue weighted by atomic mass is 10.1. The van der Waals surface area contributed by atoms with Gasteiger partial charge >= 0.3 is 0 Å². The predicted octanol–water partition coefficient (Wildman–Crippen LogP) is 2.30. The van der Waals surface area contributed by atoms with Gasteiger partial charge in [0.15, 0.2) is 23.0 Å². The molecule has 1 unspecified atom stereocenters. The minimum Gasteiger partial charge on any atom is -0.486 e. The molecule has 1 atom stereocenters. The quantitative estimate of drug-likeness (QED) is 0.754. The van der Waals surface area contributed by atoms with Crippen molar-refractivity contribution in [1.29, 1.82) is 0 Å². The van der Waals surface area contributed by atoms with Crippen LogP contribution in [0.5, 0.6) is 11.5 Å². The van der Waals surface area contributed by atoms with Crippen LogP contribution in [0.15, 0.2) is 36.9 Å². The number of nitrogens with zero attached hydrogens (tertiary/aromatic N) is 3. The van der Waals surface area contributed by atoms with E-state index in [9.17, 15) is 5.11 Å². The third-order valence-electron chi connectivity index (χ3n) is 3.78. The Morgan fingerprint density at radius 1 is 1.21 bits per heavy atom. The van der Waals surface area contributed by atoms with Crippen molar-refractivity contribution in [1.82, 2.24) is 14.4 Å². The fourth-order valence-corrected chi connectivity index (χ4v) is 2.89. The van der Waals surface area contributed by atoms with E-state index in [0.29, 0.717) is 46.8 Å². The van der Waals surface area contributed by atoms with Gasteiger partial charge in [0.25, 0.3) is 0 Å². The van der Waals surface area contributed by atoms with E-state index in [2.05, 4.69) is 15.3 Å². The Morgan fingerprint density at radius 2 is 2.00 bits per heavy atom. The molecule has 0 bridgehead atoms. The van der Waals surface area contributed by atoms with E-state index < -0.39 is 6.10 Å². The average Bonchev–Trinajstić information content (AvgIpc) is 3.09. The van der Waals surface area contributed by atoms with E-state index >= 15 is 0 Å². The summed E-state index contributed by atoms with van der Waals surface area (Å²) in [5, 5.41) is 14.0. The molecule has 7 nitrogen and oxygen atoms in total. The van der Waals surface area contributed by atoms with E-state index in [1.807, 2.05) is 16.8 Å². The highest BCUT2D eigenvalue weighted by molar-refractivity contribution is 6.32. The number of fused-ring (bicyclic) bond motifs is 2. The van der Waals surface area contributed by atoms with Crippen LogP contribution in [-0.4, -0.2) is 39.2 Å². The summed E-state index contributed by atoms with van der Waals surface area (Å²) in [6.07, 6.45) is 6.23. The van der Waals surface area contributed by atoms with Gasteiger partial charge in [-0.15, -0.1) is 0 Å². The highest BCUT2D eigenvalue weighted by Gasteiger charge is 2.19. The second-order valence-corrected chi connectivity index (χ2v) is 5.76. The lowest BCUT2D eigenvalue weighted by Crippen LogP contribution is -2.17. The van der Waals surface area contributed by atoms with Gasteiger partial charge in [-0.1, -0.05) is 11.6 Å². The van der Waals surface area contributed by atoms with Crippen LogP contribution in [0.25, 0.3) is 5.65 Å². The number of halogens is 1. The molecule has 2 aromatic heterocycles. The van der Waals surface area contributed by atoms with Crippen molar-refractivity contribution < 1.29 is 14.6 Å². The number of aliphatic hydroxyl groups excluding tert-OH is 1. The molecular weight excluding hydrogens is 332 g/mol. The fraction of sp³-hybridized carbons (Fsp3) is 0.250. The first-order valence-corrected chi connectivity index (χ1v) is 7.89. The summed E-state index contributed by atoms with van der Waals surface area (Å²) >= 11 is 6.21. The van der Waals surface area contributed by atoms with Crippen LogP contribution in [0.3, 0.4) is 0 Å². The van der Waals surface area contributed by atoms with Gasteiger partial charge in [-0.2, -0.15) is 0 Å². The van der Waals surface area contributed by atoms with E-state index in [1.165, 1.54) is 0 Å². The zero-order valence-corrected chi connectivity index (χ0v) is 13.4. The Morgan fingerprint density at radius 3 is 2.88 bits per heavy atom. The van der Waals surface area contributed by atoms with Crippen LogP contribution in [-0.2, 0) is 0 Å². The van der Waals surface area contributed by atoms with Crippen molar-refractivity contribution in [3.63, 3.8) is 0 Å². The van der Waals surface area contributed by atoms with Crippen LogP contribution in [0.1, 0.15) is 11.7 Å². The van der Waals surface area contributed by atoms with Gasteiger partial charge in [-0.05, 0) is 17.7 Å². The fourth-order valence-electron chi connectivity index (χ4n) is 2.61. The van der Waals surface area contributed by atoms with Crippen molar-refractivity contribution in [3.05, 3.63) is 47.5 Å². The van der Waals surface area contributed by atoms with Gasteiger partial charge in [-0.3, -0.25) is 0 Å². The van der Waals surface area contributed by atoms with Crippen molar-refractivity contribution in [2.45, 2.75) is 6.10 Å². The van der Waals surface area contributed by atoms with Crippen molar-refractivity contribution in [2.75, 3.05) is 25.1 Å². The molecule has 124 valence electrons. The lowest BCUT2D eigenvalue weighted by molar-refractivity contribution is 0.167. The molecule has 4 rings (SSSR count). The molecule has 1 aliphatic rings. The zero-order chi connectivity index (χ0) is 16.5.